The molecule has 4 aromatic heterocycles. The standard InChI is InChI=1S/C45H61N13O6Si/c1-11-56-34(19-26(3)52-56)41(61)50-43-48-32-22-29(40(47)60)24-36(63-17-14-18-64-65(9,10)45(5,6)7)38(32)55(43)16-13-15-30-25-54(8)33-23-28(39(46)59)21-31-37(33)58(30)44(49-31)51-42(62)35-20-27(4)53-57(35)12-2/h19-24,30H,11-18,25H2,1-10H3,(H2,46,59)(H2,47,60)(H,48,50,61)(H,49,51,62)/t30-/m0/s1. The van der Waals surface area contributed by atoms with Gasteiger partial charge in [-0.25, -0.2) is 9.97 Å². The number of amides is 4. The van der Waals surface area contributed by atoms with E-state index in [0.29, 0.717) is 115 Å². The molecule has 20 heteroatoms. The lowest BCUT2D eigenvalue weighted by molar-refractivity contribution is 0.0992. The largest absolute Gasteiger partial charge is 0.491 e. The number of benzene rings is 2. The number of nitrogens with zero attached hydrogens (tertiary/aromatic N) is 9. The van der Waals surface area contributed by atoms with Crippen LogP contribution in [-0.2, 0) is 24.1 Å². The van der Waals surface area contributed by atoms with E-state index in [9.17, 15) is 19.2 Å². The Morgan fingerprint density at radius 3 is 1.91 bits per heavy atom. The molecule has 0 bridgehead atoms. The van der Waals surface area contributed by atoms with E-state index in [1.165, 1.54) is 0 Å². The van der Waals surface area contributed by atoms with Gasteiger partial charge in [0.25, 0.3) is 11.8 Å². The highest BCUT2D eigenvalue weighted by Gasteiger charge is 2.37. The van der Waals surface area contributed by atoms with Crippen molar-refractivity contribution in [1.29, 1.82) is 0 Å². The fraction of sp³-hybridized carbons (Fsp3) is 0.467. The molecule has 0 spiro atoms. The minimum absolute atomic E-state index is 0.0550. The summed E-state index contributed by atoms with van der Waals surface area (Å²) < 4.78 is 20.0. The Hall–Kier alpha value is -6.54. The Morgan fingerprint density at radius 1 is 0.785 bits per heavy atom. The number of fused-ring (bicyclic) bond motifs is 1. The minimum atomic E-state index is -1.99. The van der Waals surface area contributed by atoms with Crippen LogP contribution < -0.4 is 31.7 Å². The summed E-state index contributed by atoms with van der Waals surface area (Å²) in [6, 6.07) is 9.86. The van der Waals surface area contributed by atoms with E-state index in [-0.39, 0.29) is 28.5 Å². The van der Waals surface area contributed by atoms with Gasteiger partial charge in [-0.3, -0.25) is 39.2 Å². The number of anilines is 3. The van der Waals surface area contributed by atoms with Crippen molar-refractivity contribution >= 4 is 71.6 Å². The van der Waals surface area contributed by atoms with Crippen LogP contribution in [0.1, 0.15) is 113 Å². The zero-order chi connectivity index (χ0) is 47.1. The van der Waals surface area contributed by atoms with Gasteiger partial charge in [0.2, 0.25) is 23.7 Å². The summed E-state index contributed by atoms with van der Waals surface area (Å²) in [7, 11) is -0.0414. The second-order valence-corrected chi connectivity index (χ2v) is 23.0. The molecule has 0 radical (unpaired) electrons. The zero-order valence-corrected chi connectivity index (χ0v) is 40.0. The van der Waals surface area contributed by atoms with Crippen LogP contribution in [0.4, 0.5) is 17.6 Å². The summed E-state index contributed by atoms with van der Waals surface area (Å²) in [6.07, 6.45) is 1.74. The topological polar surface area (TPSA) is 237 Å². The molecule has 65 heavy (non-hydrogen) atoms. The van der Waals surface area contributed by atoms with Gasteiger partial charge in [0.1, 0.15) is 22.7 Å². The molecule has 0 unspecified atom stereocenters. The first-order valence-corrected chi connectivity index (χ1v) is 25.0. The molecule has 2 aromatic carbocycles. The van der Waals surface area contributed by atoms with Crippen molar-refractivity contribution in [2.24, 2.45) is 11.5 Å². The van der Waals surface area contributed by atoms with Crippen LogP contribution in [0.15, 0.2) is 36.4 Å². The third-order valence-corrected chi connectivity index (χ3v) is 17.0. The Bertz CT molecular complexity index is 2810. The average Bonchev–Trinajstić information content (AvgIpc) is 4.01. The number of hydrogen-bond donors (Lipinski definition) is 4. The summed E-state index contributed by atoms with van der Waals surface area (Å²) in [5.74, 6) is -1.02. The summed E-state index contributed by atoms with van der Waals surface area (Å²) in [4.78, 5) is 64.7. The quantitative estimate of drug-likeness (QED) is 0.0544. The van der Waals surface area contributed by atoms with Gasteiger partial charge in [-0.2, -0.15) is 10.2 Å². The van der Waals surface area contributed by atoms with Gasteiger partial charge < -0.3 is 34.7 Å². The van der Waals surface area contributed by atoms with E-state index in [1.807, 2.05) is 43.9 Å². The van der Waals surface area contributed by atoms with Crippen LogP contribution in [0, 0.1) is 13.8 Å². The predicted molar refractivity (Wildman–Crippen MR) is 252 cm³/mol. The van der Waals surface area contributed by atoms with E-state index >= 15 is 0 Å². The molecule has 0 fully saturated rings. The van der Waals surface area contributed by atoms with E-state index in [4.69, 9.17) is 30.6 Å². The number of primary amides is 2. The lowest BCUT2D eigenvalue weighted by atomic mass is 10.0. The number of aryl methyl sites for hydroxylation is 5. The van der Waals surface area contributed by atoms with E-state index in [2.05, 4.69) is 59.6 Å². The van der Waals surface area contributed by atoms with Crippen LogP contribution in [0.25, 0.3) is 22.1 Å². The fourth-order valence-corrected chi connectivity index (χ4v) is 9.23. The van der Waals surface area contributed by atoms with Crippen molar-refractivity contribution in [2.75, 3.05) is 42.3 Å². The molecule has 7 rings (SSSR count). The van der Waals surface area contributed by atoms with Crippen molar-refractivity contribution in [1.82, 2.24) is 38.7 Å². The Balaban J connectivity index is 1.24. The second kappa shape index (κ2) is 18.1. The second-order valence-electron chi connectivity index (χ2n) is 18.2. The van der Waals surface area contributed by atoms with Crippen molar-refractivity contribution in [2.45, 2.75) is 112 Å². The monoisotopic (exact) mass is 907 g/mol. The molecule has 1 atom stereocenters. The first-order valence-electron chi connectivity index (χ1n) is 22.1. The van der Waals surface area contributed by atoms with E-state index in [0.717, 1.165) is 11.2 Å². The third kappa shape index (κ3) is 9.35. The number of imidazole rings is 2. The molecule has 5 heterocycles. The van der Waals surface area contributed by atoms with Crippen LogP contribution in [0.2, 0.25) is 18.1 Å². The maximum atomic E-state index is 14.0. The number of carbonyl (C=O) groups is 4. The molecule has 346 valence electrons. The maximum absolute atomic E-state index is 14.0. The highest BCUT2D eigenvalue weighted by atomic mass is 28.4. The number of hydrogen-bond acceptors (Lipinski definition) is 11. The minimum Gasteiger partial charge on any atom is -0.491 e. The lowest BCUT2D eigenvalue weighted by Gasteiger charge is -2.36. The molecule has 19 nitrogen and oxygen atoms in total. The summed E-state index contributed by atoms with van der Waals surface area (Å²) in [5, 5.41) is 15.0. The Labute approximate surface area is 378 Å². The molecule has 0 saturated heterocycles. The normalized spacial score (nSPS) is 14.1. The molecule has 1 aliphatic rings. The van der Waals surface area contributed by atoms with Gasteiger partial charge in [-0.15, -0.1) is 0 Å². The lowest BCUT2D eigenvalue weighted by Crippen LogP contribution is -2.41. The van der Waals surface area contributed by atoms with Gasteiger partial charge in [0.15, 0.2) is 8.32 Å². The van der Waals surface area contributed by atoms with Crippen LogP contribution in [0.3, 0.4) is 0 Å². The zero-order valence-electron chi connectivity index (χ0n) is 39.0. The van der Waals surface area contributed by atoms with Crippen molar-refractivity contribution in [3.8, 4) is 5.75 Å². The van der Waals surface area contributed by atoms with Crippen LogP contribution >= 0.6 is 0 Å². The van der Waals surface area contributed by atoms with Crippen LogP contribution in [-0.4, -0.2) is 97.4 Å². The van der Waals surface area contributed by atoms with Gasteiger partial charge in [0, 0.05) is 57.4 Å². The highest BCUT2D eigenvalue weighted by molar-refractivity contribution is 6.74. The van der Waals surface area contributed by atoms with E-state index in [1.54, 1.807) is 45.8 Å². The molecule has 4 amide bonds. The van der Waals surface area contributed by atoms with Gasteiger partial charge >= 0.3 is 0 Å². The molecule has 0 saturated carbocycles. The third-order valence-electron chi connectivity index (χ3n) is 12.5. The van der Waals surface area contributed by atoms with Crippen molar-refractivity contribution in [3.05, 3.63) is 70.3 Å². The number of aromatic nitrogens is 8. The number of nitrogens with one attached hydrogen (secondary N) is 2. The fourth-order valence-electron chi connectivity index (χ4n) is 8.14. The molecule has 0 aliphatic carbocycles. The summed E-state index contributed by atoms with van der Waals surface area (Å²) in [6.45, 7) is 21.2. The van der Waals surface area contributed by atoms with Crippen molar-refractivity contribution < 1.29 is 28.3 Å². The summed E-state index contributed by atoms with van der Waals surface area (Å²) in [5.41, 5.74) is 17.3. The Kier molecular flexibility index (Phi) is 13.0. The van der Waals surface area contributed by atoms with Gasteiger partial charge in [-0.05, 0) is 95.1 Å². The predicted octanol–water partition coefficient (Wildman–Crippen LogP) is 6.40. The number of likely N-dealkylation sites (N-methyl/N-ethyl adjacent to an activating group) is 1. The van der Waals surface area contributed by atoms with Gasteiger partial charge in [0.05, 0.1) is 46.3 Å². The maximum Gasteiger partial charge on any atom is 0.276 e. The molecular formula is C45H61N13O6Si. The molecule has 6 N–H and O–H groups in total. The van der Waals surface area contributed by atoms with Crippen molar-refractivity contribution in [3.63, 3.8) is 0 Å². The first-order chi connectivity index (χ1) is 30.7. The van der Waals surface area contributed by atoms with E-state index < -0.39 is 26.0 Å². The number of ether oxygens (including phenoxy) is 1. The smallest absolute Gasteiger partial charge is 0.276 e. The average molecular weight is 908 g/mol. The van der Waals surface area contributed by atoms with Gasteiger partial charge in [-0.1, -0.05) is 20.8 Å². The highest BCUT2D eigenvalue weighted by Crippen LogP contribution is 2.40. The molecule has 1 aliphatic heterocycles. The van der Waals surface area contributed by atoms with Crippen LogP contribution in [0.5, 0.6) is 5.75 Å². The molecular weight excluding hydrogens is 847 g/mol. The number of nitrogens with two attached hydrogens (primary N) is 2. The molecule has 6 aromatic rings. The number of carbonyl (C=O) groups excluding carboxylic acids is 4. The Morgan fingerprint density at radius 2 is 1.34 bits per heavy atom. The SMILES string of the molecule is CCn1nc(C)cc1C(=O)Nc1nc2cc(C(N)=O)cc(OCCCO[Si](C)(C)C(C)(C)C)c2n1CCC[C@H]1CN(C)c2cc(C(N)=O)cc3nc(NC(=O)c4cc(C)nn4CC)n1c23. The summed E-state index contributed by atoms with van der Waals surface area (Å²) >= 11 is 0. The first kappa shape index (κ1) is 46.4. The number of rotatable bonds is 18.